The van der Waals surface area contributed by atoms with Gasteiger partial charge in [-0.2, -0.15) is 0 Å². The molecule has 0 unspecified atom stereocenters. The lowest BCUT2D eigenvalue weighted by atomic mass is 9.86. The van der Waals surface area contributed by atoms with Crippen molar-refractivity contribution in [2.75, 3.05) is 0 Å². The van der Waals surface area contributed by atoms with E-state index in [1.807, 2.05) is 24.5 Å². The Kier molecular flexibility index (Phi) is 5.79. The molecule has 0 aliphatic rings. The van der Waals surface area contributed by atoms with Gasteiger partial charge in [0.15, 0.2) is 0 Å². The van der Waals surface area contributed by atoms with E-state index >= 15 is 0 Å². The van der Waals surface area contributed by atoms with Gasteiger partial charge in [-0.05, 0) is 50.4 Å². The highest BCUT2D eigenvalue weighted by molar-refractivity contribution is 6.21. The summed E-state index contributed by atoms with van der Waals surface area (Å²) in [7, 11) is 0. The maximum Gasteiger partial charge on any atom is 0.115 e. The van der Waals surface area contributed by atoms with Crippen LogP contribution < -0.4 is 0 Å². The van der Waals surface area contributed by atoms with Crippen molar-refractivity contribution in [1.29, 1.82) is 0 Å². The Balaban J connectivity index is 1.34. The van der Waals surface area contributed by atoms with Gasteiger partial charge in [0.25, 0.3) is 0 Å². The highest BCUT2D eigenvalue weighted by Gasteiger charge is 2.17. The van der Waals surface area contributed by atoms with Gasteiger partial charge in [0, 0.05) is 40.0 Å². The molecule has 196 valence electrons. The van der Waals surface area contributed by atoms with Gasteiger partial charge in [-0.25, -0.2) is 15.0 Å². The molecule has 0 saturated heterocycles. The topological polar surface area (TPSA) is 38.7 Å². The zero-order valence-electron chi connectivity index (χ0n) is 22.8. The fourth-order valence-corrected chi connectivity index (χ4v) is 6.15. The van der Waals surface area contributed by atoms with Gasteiger partial charge in [0.2, 0.25) is 0 Å². The molecule has 0 aliphatic heterocycles. The van der Waals surface area contributed by atoms with Crippen molar-refractivity contribution in [3.05, 3.63) is 152 Å². The normalized spacial score (nSPS) is 11.3. The fourth-order valence-electron chi connectivity index (χ4n) is 6.15. The van der Waals surface area contributed by atoms with Crippen LogP contribution in [0.2, 0.25) is 0 Å². The van der Waals surface area contributed by atoms with Crippen LogP contribution in [0.1, 0.15) is 0 Å². The average molecular weight is 536 g/mol. The first-order valence-electron chi connectivity index (χ1n) is 14.1. The first-order chi connectivity index (χ1) is 20.8. The van der Waals surface area contributed by atoms with E-state index < -0.39 is 0 Å². The van der Waals surface area contributed by atoms with Crippen LogP contribution in [0.25, 0.3) is 77.1 Å². The van der Waals surface area contributed by atoms with E-state index in [1.54, 1.807) is 6.33 Å². The number of fused-ring (bicyclic) bond motifs is 3. The smallest absolute Gasteiger partial charge is 0.115 e. The lowest BCUT2D eigenvalue weighted by Crippen LogP contribution is -1.93. The Morgan fingerprint density at radius 1 is 0.405 bits per heavy atom. The van der Waals surface area contributed by atoms with E-state index in [-0.39, 0.29) is 0 Å². The Morgan fingerprint density at radius 3 is 1.57 bits per heavy atom. The third-order valence-corrected chi connectivity index (χ3v) is 8.04. The summed E-state index contributed by atoms with van der Waals surface area (Å²) >= 11 is 0. The molecule has 0 radical (unpaired) electrons. The maximum atomic E-state index is 5.11. The first kappa shape index (κ1) is 24.2. The van der Waals surface area contributed by atoms with Crippen LogP contribution in [0.15, 0.2) is 152 Å². The van der Waals surface area contributed by atoms with Crippen molar-refractivity contribution in [2.24, 2.45) is 0 Å². The van der Waals surface area contributed by atoms with Crippen LogP contribution in [0, 0.1) is 0 Å². The lowest BCUT2D eigenvalue weighted by Gasteiger charge is -2.18. The molecule has 0 aliphatic carbocycles. The van der Waals surface area contributed by atoms with Crippen LogP contribution in [-0.4, -0.2) is 15.0 Å². The van der Waals surface area contributed by atoms with E-state index in [4.69, 9.17) is 4.98 Å². The Labute approximate surface area is 243 Å². The van der Waals surface area contributed by atoms with Gasteiger partial charge in [-0.15, -0.1) is 0 Å². The average Bonchev–Trinajstić information content (AvgIpc) is 3.07. The van der Waals surface area contributed by atoms with E-state index in [1.165, 1.54) is 32.7 Å². The molecule has 8 rings (SSSR count). The largest absolute Gasteiger partial charge is 0.247 e. The summed E-state index contributed by atoms with van der Waals surface area (Å²) < 4.78 is 0. The van der Waals surface area contributed by atoms with Gasteiger partial charge < -0.3 is 0 Å². The zero-order chi connectivity index (χ0) is 27.9. The second kappa shape index (κ2) is 10.1. The molecule has 0 N–H and O–H groups in total. The molecule has 0 amide bonds. The highest BCUT2D eigenvalue weighted by atomic mass is 14.8. The molecule has 0 bridgehead atoms. The molecule has 8 aromatic rings. The summed E-state index contributed by atoms with van der Waals surface area (Å²) in [4.78, 5) is 13.8. The van der Waals surface area contributed by atoms with E-state index in [9.17, 15) is 0 Å². The molecule has 0 atom stereocenters. The minimum absolute atomic E-state index is 0.993. The lowest BCUT2D eigenvalue weighted by molar-refractivity contribution is 1.17. The molecule has 0 saturated carbocycles. The van der Waals surface area contributed by atoms with E-state index in [2.05, 4.69) is 131 Å². The van der Waals surface area contributed by atoms with Crippen molar-refractivity contribution in [3.8, 4) is 44.6 Å². The molecule has 0 fully saturated rings. The zero-order valence-corrected chi connectivity index (χ0v) is 22.8. The number of hydrogen-bond acceptors (Lipinski definition) is 3. The SMILES string of the molecule is c1ccc(-c2nc3ccccc3cc2-c2ccc(-c3c4ccccc4c(-c4cncnc4)c4ccccc34)cc2)cc1. The highest BCUT2D eigenvalue weighted by Crippen LogP contribution is 2.44. The van der Waals surface area contributed by atoms with Crippen molar-refractivity contribution >= 4 is 32.4 Å². The van der Waals surface area contributed by atoms with Crippen LogP contribution in [0.4, 0.5) is 0 Å². The third kappa shape index (κ3) is 4.03. The number of aromatic nitrogens is 3. The molecule has 2 heterocycles. The minimum Gasteiger partial charge on any atom is -0.247 e. The third-order valence-electron chi connectivity index (χ3n) is 8.04. The summed E-state index contributed by atoms with van der Waals surface area (Å²) in [6, 6.07) is 47.3. The summed E-state index contributed by atoms with van der Waals surface area (Å²) in [5, 5.41) is 5.93. The number of nitrogens with zero attached hydrogens (tertiary/aromatic N) is 3. The van der Waals surface area contributed by atoms with Gasteiger partial charge in [0.1, 0.15) is 6.33 Å². The minimum atomic E-state index is 0.993. The summed E-state index contributed by atoms with van der Waals surface area (Å²) in [6.45, 7) is 0. The Morgan fingerprint density at radius 2 is 0.929 bits per heavy atom. The van der Waals surface area contributed by atoms with Gasteiger partial charge in [0.05, 0.1) is 11.2 Å². The second-order valence-corrected chi connectivity index (χ2v) is 10.5. The maximum absolute atomic E-state index is 5.11. The second-order valence-electron chi connectivity index (χ2n) is 10.5. The Hall–Kier alpha value is -5.67. The number of rotatable bonds is 4. The molecule has 42 heavy (non-hydrogen) atoms. The van der Waals surface area contributed by atoms with Gasteiger partial charge in [-0.3, -0.25) is 0 Å². The van der Waals surface area contributed by atoms with E-state index in [0.717, 1.165) is 44.4 Å². The Bertz CT molecular complexity index is 2170. The van der Waals surface area contributed by atoms with Crippen LogP contribution >= 0.6 is 0 Å². The first-order valence-corrected chi connectivity index (χ1v) is 14.1. The molecular formula is C39H25N3. The molecule has 6 aromatic carbocycles. The van der Waals surface area contributed by atoms with Crippen LogP contribution in [0.5, 0.6) is 0 Å². The predicted octanol–water partition coefficient (Wildman–Crippen LogP) is 10.00. The predicted molar refractivity (Wildman–Crippen MR) is 174 cm³/mol. The summed E-state index contributed by atoms with van der Waals surface area (Å²) in [5.41, 5.74) is 9.96. The molecule has 0 spiro atoms. The van der Waals surface area contributed by atoms with Crippen molar-refractivity contribution < 1.29 is 0 Å². The number of para-hydroxylation sites is 1. The number of hydrogen-bond donors (Lipinski definition) is 0. The van der Waals surface area contributed by atoms with Crippen molar-refractivity contribution in [1.82, 2.24) is 15.0 Å². The number of benzene rings is 6. The van der Waals surface area contributed by atoms with Gasteiger partial charge >= 0.3 is 0 Å². The van der Waals surface area contributed by atoms with E-state index in [0.29, 0.717) is 0 Å². The molecular weight excluding hydrogens is 510 g/mol. The fraction of sp³-hybridized carbons (Fsp3) is 0. The monoisotopic (exact) mass is 535 g/mol. The van der Waals surface area contributed by atoms with Gasteiger partial charge in [-0.1, -0.05) is 121 Å². The molecule has 3 heteroatoms. The summed E-state index contributed by atoms with van der Waals surface area (Å²) in [5.74, 6) is 0. The van der Waals surface area contributed by atoms with Crippen LogP contribution in [0.3, 0.4) is 0 Å². The quantitative estimate of drug-likeness (QED) is 0.211. The van der Waals surface area contributed by atoms with Crippen molar-refractivity contribution in [3.63, 3.8) is 0 Å². The van der Waals surface area contributed by atoms with Crippen molar-refractivity contribution in [2.45, 2.75) is 0 Å². The molecule has 2 aromatic heterocycles. The number of pyridine rings is 1. The molecule has 3 nitrogen and oxygen atoms in total. The summed E-state index contributed by atoms with van der Waals surface area (Å²) in [6.07, 6.45) is 5.38. The van der Waals surface area contributed by atoms with Crippen LogP contribution in [-0.2, 0) is 0 Å². The standard InChI is InChI=1S/C39H25N3/c1-2-10-28(11-3-1)39-35(22-29-12-4-9-17-36(29)42-39)26-18-20-27(21-19-26)37-31-13-5-7-15-33(31)38(30-23-40-25-41-24-30)34-16-8-6-14-32(34)37/h1-25H.